The molecule has 15 heavy (non-hydrogen) atoms. The van der Waals surface area contributed by atoms with Crippen molar-refractivity contribution in [2.45, 2.75) is 31.3 Å². The lowest BCUT2D eigenvalue weighted by molar-refractivity contribution is -0.332. The standard InChI is InChI=1S/C5H10O4.C4H8O.Al.H/c1-3-9-5(8-2)4(6)7;1-2-3-4-5;;/h5H,3H2,1-2H3,(H,6,7);1-4H2;;/q;-1;+1;/p-1. The molecule has 1 aliphatic rings. The molecule has 1 rings (SSSR count). The second kappa shape index (κ2) is 10.4. The van der Waals surface area contributed by atoms with E-state index in [0.29, 0.717) is 6.61 Å². The van der Waals surface area contributed by atoms with Gasteiger partial charge < -0.3 is 23.2 Å². The number of carboxylic acids is 1. The maximum atomic E-state index is 9.96. The molecule has 0 N–H and O–H groups in total. The van der Waals surface area contributed by atoms with Crippen molar-refractivity contribution in [2.24, 2.45) is 0 Å². The summed E-state index contributed by atoms with van der Waals surface area (Å²) in [6, 6.07) is 0. The summed E-state index contributed by atoms with van der Waals surface area (Å²) in [5.74, 6) is -1.35. The predicted octanol–water partition coefficient (Wildman–Crippen LogP) is -0.688. The van der Waals surface area contributed by atoms with Crippen LogP contribution in [0.3, 0.4) is 0 Å². The molecular weight excluding hydrogens is 215 g/mol. The number of carboxylic acid groups (broad SMARTS) is 1. The third kappa shape index (κ3) is 8.85. The number of hydrogen-bond donors (Lipinski definition) is 0. The molecule has 0 spiro atoms. The second-order valence-corrected chi connectivity index (χ2v) is 4.54. The predicted molar refractivity (Wildman–Crippen MR) is 54.6 cm³/mol. The van der Waals surface area contributed by atoms with Crippen molar-refractivity contribution in [1.29, 1.82) is 0 Å². The van der Waals surface area contributed by atoms with Gasteiger partial charge in [-0.15, -0.1) is 0 Å². The van der Waals surface area contributed by atoms with E-state index in [1.807, 2.05) is 0 Å². The highest BCUT2D eigenvalue weighted by molar-refractivity contribution is 6.27. The topological polar surface area (TPSA) is 67.8 Å². The molecule has 88 valence electrons. The van der Waals surface area contributed by atoms with E-state index in [2.05, 4.69) is 9.47 Å². The van der Waals surface area contributed by atoms with E-state index in [1.54, 1.807) is 6.92 Å². The van der Waals surface area contributed by atoms with Crippen LogP contribution in [0, 0.1) is 0 Å². The van der Waals surface area contributed by atoms with Gasteiger partial charge in [0.05, 0.1) is 5.97 Å². The van der Waals surface area contributed by atoms with Gasteiger partial charge >= 0.3 is 15.6 Å². The number of ether oxygens (including phenoxy) is 2. The lowest BCUT2D eigenvalue weighted by Gasteiger charge is -2.14. The fraction of sp³-hybridized carbons (Fsp3) is 0.889. The molecule has 0 aromatic heterocycles. The van der Waals surface area contributed by atoms with Crippen molar-refractivity contribution in [3.63, 3.8) is 0 Å². The first kappa shape index (κ1) is 14.9. The van der Waals surface area contributed by atoms with E-state index in [0.717, 1.165) is 6.61 Å². The summed E-state index contributed by atoms with van der Waals surface area (Å²) in [6.45, 7) is 3.04. The highest BCUT2D eigenvalue weighted by atomic mass is 27.1. The Hall–Kier alpha value is -0.118. The molecule has 1 unspecified atom stereocenters. The monoisotopic (exact) mass is 233 g/mol. The normalized spacial score (nSPS) is 16.9. The molecule has 1 atom stereocenters. The Balaban J connectivity index is 0.000000280. The summed E-state index contributed by atoms with van der Waals surface area (Å²) in [4.78, 5) is 9.96. The molecule has 0 aromatic rings. The SMILES string of the molecule is C1C[CH2][AlH][O]C1.CCOC(OC)C(=O)[O-]. The van der Waals surface area contributed by atoms with Gasteiger partial charge in [0.1, 0.15) is 0 Å². The van der Waals surface area contributed by atoms with Gasteiger partial charge in [0.2, 0.25) is 0 Å². The fourth-order valence-corrected chi connectivity index (χ4v) is 2.24. The van der Waals surface area contributed by atoms with Gasteiger partial charge in [-0.3, -0.25) is 0 Å². The fourth-order valence-electron chi connectivity index (χ4n) is 1.07. The molecule has 0 aromatic carbocycles. The van der Waals surface area contributed by atoms with Crippen molar-refractivity contribution in [2.75, 3.05) is 20.3 Å². The van der Waals surface area contributed by atoms with Crippen LogP contribution in [0.15, 0.2) is 0 Å². The number of carbonyl (C=O) groups is 1. The molecule has 0 amide bonds. The van der Waals surface area contributed by atoms with Crippen LogP contribution in [-0.2, 0) is 18.1 Å². The number of methoxy groups -OCH3 is 1. The Kier molecular flexibility index (Phi) is 10.3. The van der Waals surface area contributed by atoms with Crippen LogP contribution in [0.1, 0.15) is 19.8 Å². The van der Waals surface area contributed by atoms with E-state index >= 15 is 0 Å². The molecule has 5 nitrogen and oxygen atoms in total. The minimum atomic E-state index is -1.35. The molecular formula is C9H18AlO5-. The lowest BCUT2D eigenvalue weighted by Crippen LogP contribution is -2.38. The summed E-state index contributed by atoms with van der Waals surface area (Å²) in [5, 5.41) is 11.4. The summed E-state index contributed by atoms with van der Waals surface area (Å²) in [6.07, 6.45) is 1.52. The number of hydrogen-bond acceptors (Lipinski definition) is 5. The highest BCUT2D eigenvalue weighted by Gasteiger charge is 2.04. The van der Waals surface area contributed by atoms with Gasteiger partial charge in [0, 0.05) is 20.3 Å². The average molecular weight is 233 g/mol. The summed E-state index contributed by atoms with van der Waals surface area (Å²) < 4.78 is 14.1. The summed E-state index contributed by atoms with van der Waals surface area (Å²) in [7, 11) is 1.25. The zero-order chi connectivity index (χ0) is 11.5. The van der Waals surface area contributed by atoms with Gasteiger partial charge in [0.15, 0.2) is 6.29 Å². The summed E-state index contributed by atoms with van der Waals surface area (Å²) in [5.41, 5.74) is 0. The Morgan fingerprint density at radius 2 is 2.33 bits per heavy atom. The molecule has 1 saturated heterocycles. The Bertz CT molecular complexity index is 149. The van der Waals surface area contributed by atoms with Crippen LogP contribution in [0.4, 0.5) is 0 Å². The zero-order valence-electron chi connectivity index (χ0n) is 9.36. The van der Waals surface area contributed by atoms with Gasteiger partial charge in [-0.25, -0.2) is 0 Å². The van der Waals surface area contributed by atoms with Gasteiger partial charge in [-0.2, -0.15) is 0 Å². The molecule has 0 saturated carbocycles. The van der Waals surface area contributed by atoms with Crippen molar-refractivity contribution < 1.29 is 23.2 Å². The Labute approximate surface area is 96.7 Å². The zero-order valence-corrected chi connectivity index (χ0v) is 10.8. The largest absolute Gasteiger partial charge is 0.545 e. The van der Waals surface area contributed by atoms with Crippen molar-refractivity contribution in [3.05, 3.63) is 0 Å². The van der Waals surface area contributed by atoms with E-state index < -0.39 is 12.3 Å². The molecule has 0 radical (unpaired) electrons. The molecule has 0 bridgehead atoms. The van der Waals surface area contributed by atoms with Gasteiger partial charge in [-0.1, -0.05) is 11.7 Å². The summed E-state index contributed by atoms with van der Waals surface area (Å²) >= 11 is 0.00849. The van der Waals surface area contributed by atoms with Crippen LogP contribution in [0.2, 0.25) is 5.28 Å². The smallest absolute Gasteiger partial charge is 0.435 e. The third-order valence-electron chi connectivity index (χ3n) is 1.80. The van der Waals surface area contributed by atoms with Crippen LogP contribution >= 0.6 is 0 Å². The lowest BCUT2D eigenvalue weighted by atomic mass is 10.4. The van der Waals surface area contributed by atoms with Crippen molar-refractivity contribution >= 4 is 21.5 Å². The minimum absolute atomic E-state index is 0.00849. The van der Waals surface area contributed by atoms with E-state index in [-0.39, 0.29) is 15.6 Å². The van der Waals surface area contributed by atoms with Crippen LogP contribution < -0.4 is 5.11 Å². The quantitative estimate of drug-likeness (QED) is 0.475. The van der Waals surface area contributed by atoms with E-state index in [4.69, 9.17) is 3.79 Å². The first-order valence-electron chi connectivity index (χ1n) is 5.15. The molecule has 0 aliphatic carbocycles. The van der Waals surface area contributed by atoms with E-state index in [1.165, 1.54) is 25.2 Å². The maximum Gasteiger partial charge on any atom is 0.435 e. The Morgan fingerprint density at radius 3 is 2.47 bits per heavy atom. The van der Waals surface area contributed by atoms with Crippen LogP contribution in [-0.4, -0.2) is 48.1 Å². The minimum Gasteiger partial charge on any atom is -0.545 e. The first-order valence-corrected chi connectivity index (χ1v) is 6.73. The first-order chi connectivity index (χ1) is 7.22. The average Bonchev–Trinajstić information content (AvgIpc) is 2.28. The number of aliphatic carboxylic acids is 1. The molecule has 1 heterocycles. The molecule has 1 aliphatic heterocycles. The van der Waals surface area contributed by atoms with Crippen molar-refractivity contribution in [1.82, 2.24) is 0 Å². The van der Waals surface area contributed by atoms with Crippen LogP contribution in [0.5, 0.6) is 0 Å². The third-order valence-corrected chi connectivity index (χ3v) is 3.17. The number of rotatable bonds is 4. The number of carbonyl (C=O) groups excluding carboxylic acids is 1. The van der Waals surface area contributed by atoms with Gasteiger partial charge in [0.25, 0.3) is 0 Å². The molecule has 1 fully saturated rings. The highest BCUT2D eigenvalue weighted by Crippen LogP contribution is 2.01. The maximum absolute atomic E-state index is 9.96. The van der Waals surface area contributed by atoms with E-state index in [9.17, 15) is 9.90 Å². The molecule has 6 heteroatoms. The second-order valence-electron chi connectivity index (χ2n) is 3.02. The van der Waals surface area contributed by atoms with Crippen molar-refractivity contribution in [3.8, 4) is 0 Å². The van der Waals surface area contributed by atoms with Crippen LogP contribution in [0.25, 0.3) is 0 Å². The van der Waals surface area contributed by atoms with Gasteiger partial charge in [-0.05, 0) is 13.3 Å². The Morgan fingerprint density at radius 1 is 1.60 bits per heavy atom.